The van der Waals surface area contributed by atoms with E-state index in [-0.39, 0.29) is 17.6 Å². The van der Waals surface area contributed by atoms with Crippen molar-refractivity contribution in [3.8, 4) is 0 Å². The molecule has 1 unspecified atom stereocenters. The van der Waals surface area contributed by atoms with E-state index in [1.54, 1.807) is 13.2 Å². The Morgan fingerprint density at radius 3 is 2.53 bits per heavy atom. The van der Waals surface area contributed by atoms with Crippen LogP contribution in [0.2, 0.25) is 0 Å². The average molecular weight is 265 g/mol. The van der Waals surface area contributed by atoms with Gasteiger partial charge in [-0.15, -0.1) is 0 Å². The highest BCUT2D eigenvalue weighted by Gasteiger charge is 2.21. The SMILES string of the molecule is COC(=O)c1ccccc1NC(C)CC(C)(C)OC. The lowest BCUT2D eigenvalue weighted by Crippen LogP contribution is -2.31. The number of hydrogen-bond donors (Lipinski definition) is 1. The second kappa shape index (κ2) is 6.57. The molecule has 0 aliphatic heterocycles. The zero-order valence-electron chi connectivity index (χ0n) is 12.3. The zero-order valence-corrected chi connectivity index (χ0v) is 12.3. The van der Waals surface area contributed by atoms with Gasteiger partial charge in [0.15, 0.2) is 0 Å². The van der Waals surface area contributed by atoms with E-state index >= 15 is 0 Å². The fraction of sp³-hybridized carbons (Fsp3) is 0.533. The summed E-state index contributed by atoms with van der Waals surface area (Å²) in [6, 6.07) is 7.52. The van der Waals surface area contributed by atoms with Crippen molar-refractivity contribution in [2.75, 3.05) is 19.5 Å². The van der Waals surface area contributed by atoms with Gasteiger partial charge in [-0.1, -0.05) is 12.1 Å². The third-order valence-electron chi connectivity index (χ3n) is 3.08. The first-order chi connectivity index (χ1) is 8.89. The molecule has 1 aromatic carbocycles. The zero-order chi connectivity index (χ0) is 14.5. The summed E-state index contributed by atoms with van der Waals surface area (Å²) in [4.78, 5) is 11.7. The van der Waals surface area contributed by atoms with Crippen molar-refractivity contribution in [1.29, 1.82) is 0 Å². The predicted molar refractivity (Wildman–Crippen MR) is 76.6 cm³/mol. The number of benzene rings is 1. The molecule has 1 aromatic rings. The van der Waals surface area contributed by atoms with Crippen molar-refractivity contribution in [2.45, 2.75) is 38.8 Å². The monoisotopic (exact) mass is 265 g/mol. The van der Waals surface area contributed by atoms with Gasteiger partial charge in [0, 0.05) is 18.8 Å². The molecule has 0 saturated carbocycles. The number of ether oxygens (including phenoxy) is 2. The largest absolute Gasteiger partial charge is 0.465 e. The van der Waals surface area contributed by atoms with E-state index in [4.69, 9.17) is 9.47 Å². The average Bonchev–Trinajstić information content (AvgIpc) is 2.37. The predicted octanol–water partition coefficient (Wildman–Crippen LogP) is 3.09. The number of anilines is 1. The molecule has 1 rings (SSSR count). The molecule has 0 aliphatic rings. The number of rotatable bonds is 6. The normalized spacial score (nSPS) is 12.9. The van der Waals surface area contributed by atoms with Gasteiger partial charge in [-0.05, 0) is 39.3 Å². The van der Waals surface area contributed by atoms with Gasteiger partial charge >= 0.3 is 5.97 Å². The van der Waals surface area contributed by atoms with Crippen molar-refractivity contribution >= 4 is 11.7 Å². The number of nitrogens with one attached hydrogen (secondary N) is 1. The van der Waals surface area contributed by atoms with Crippen molar-refractivity contribution < 1.29 is 14.3 Å². The van der Waals surface area contributed by atoms with Gasteiger partial charge in [0.05, 0.1) is 18.3 Å². The van der Waals surface area contributed by atoms with Gasteiger partial charge in [-0.3, -0.25) is 0 Å². The van der Waals surface area contributed by atoms with Gasteiger partial charge in [0.2, 0.25) is 0 Å². The Morgan fingerprint density at radius 2 is 1.95 bits per heavy atom. The van der Waals surface area contributed by atoms with E-state index in [1.807, 2.05) is 32.0 Å². The van der Waals surface area contributed by atoms with Crippen LogP contribution in [0.3, 0.4) is 0 Å². The Hall–Kier alpha value is -1.55. The standard InChI is InChI=1S/C15H23NO3/c1-11(10-15(2,3)19-5)16-13-9-7-6-8-12(13)14(17)18-4/h6-9,11,16H,10H2,1-5H3. The Morgan fingerprint density at radius 1 is 1.32 bits per heavy atom. The minimum absolute atomic E-state index is 0.181. The molecule has 4 heteroatoms. The number of carbonyl (C=O) groups is 1. The van der Waals surface area contributed by atoms with Gasteiger partial charge in [-0.25, -0.2) is 4.79 Å². The second-order valence-corrected chi connectivity index (χ2v) is 5.25. The molecule has 0 saturated heterocycles. The van der Waals surface area contributed by atoms with Crippen molar-refractivity contribution in [2.24, 2.45) is 0 Å². The van der Waals surface area contributed by atoms with E-state index in [2.05, 4.69) is 12.2 Å². The van der Waals surface area contributed by atoms with E-state index in [1.165, 1.54) is 7.11 Å². The molecule has 106 valence electrons. The molecule has 4 nitrogen and oxygen atoms in total. The number of methoxy groups -OCH3 is 2. The summed E-state index contributed by atoms with van der Waals surface area (Å²) >= 11 is 0. The van der Waals surface area contributed by atoms with Crippen molar-refractivity contribution in [3.63, 3.8) is 0 Å². The highest BCUT2D eigenvalue weighted by atomic mass is 16.5. The summed E-state index contributed by atoms with van der Waals surface area (Å²) in [5.41, 5.74) is 1.13. The van der Waals surface area contributed by atoms with E-state index in [0.717, 1.165) is 12.1 Å². The van der Waals surface area contributed by atoms with Crippen LogP contribution < -0.4 is 5.32 Å². The first-order valence-electron chi connectivity index (χ1n) is 6.38. The van der Waals surface area contributed by atoms with Crippen LogP contribution in [0.1, 0.15) is 37.6 Å². The third-order valence-corrected chi connectivity index (χ3v) is 3.08. The highest BCUT2D eigenvalue weighted by Crippen LogP contribution is 2.21. The smallest absolute Gasteiger partial charge is 0.339 e. The molecule has 0 amide bonds. The lowest BCUT2D eigenvalue weighted by Gasteiger charge is -2.28. The Kier molecular flexibility index (Phi) is 5.36. The maximum Gasteiger partial charge on any atom is 0.339 e. The molecular formula is C15H23NO3. The minimum atomic E-state index is -0.332. The van der Waals surface area contributed by atoms with E-state index in [9.17, 15) is 4.79 Å². The second-order valence-electron chi connectivity index (χ2n) is 5.25. The molecule has 0 aromatic heterocycles. The summed E-state index contributed by atoms with van der Waals surface area (Å²) in [6.45, 7) is 6.14. The lowest BCUT2D eigenvalue weighted by atomic mass is 9.99. The van der Waals surface area contributed by atoms with Crippen LogP contribution in [0.4, 0.5) is 5.69 Å². The minimum Gasteiger partial charge on any atom is -0.465 e. The van der Waals surface area contributed by atoms with Crippen LogP contribution in [0.5, 0.6) is 0 Å². The van der Waals surface area contributed by atoms with Crippen molar-refractivity contribution in [3.05, 3.63) is 29.8 Å². The van der Waals surface area contributed by atoms with Crippen LogP contribution in [-0.2, 0) is 9.47 Å². The summed E-state index contributed by atoms with van der Waals surface area (Å²) in [7, 11) is 3.09. The van der Waals surface area contributed by atoms with Gasteiger partial charge in [0.25, 0.3) is 0 Å². The molecule has 19 heavy (non-hydrogen) atoms. The number of para-hydroxylation sites is 1. The Balaban J connectivity index is 2.79. The quantitative estimate of drug-likeness (QED) is 0.803. The van der Waals surface area contributed by atoms with Gasteiger partial charge < -0.3 is 14.8 Å². The van der Waals surface area contributed by atoms with E-state index < -0.39 is 0 Å². The van der Waals surface area contributed by atoms with Crippen LogP contribution in [0.15, 0.2) is 24.3 Å². The van der Waals surface area contributed by atoms with Gasteiger partial charge in [-0.2, -0.15) is 0 Å². The maximum atomic E-state index is 11.7. The van der Waals surface area contributed by atoms with Crippen molar-refractivity contribution in [1.82, 2.24) is 0 Å². The van der Waals surface area contributed by atoms with Crippen LogP contribution in [0.25, 0.3) is 0 Å². The summed E-state index contributed by atoms with van der Waals surface area (Å²) < 4.78 is 10.2. The molecule has 0 bridgehead atoms. The lowest BCUT2D eigenvalue weighted by molar-refractivity contribution is 0.0128. The molecule has 1 N–H and O–H groups in total. The molecule has 0 spiro atoms. The molecule has 0 radical (unpaired) electrons. The fourth-order valence-electron chi connectivity index (χ4n) is 2.03. The fourth-order valence-corrected chi connectivity index (χ4v) is 2.03. The highest BCUT2D eigenvalue weighted by molar-refractivity contribution is 5.95. The number of esters is 1. The van der Waals surface area contributed by atoms with E-state index in [0.29, 0.717) is 5.56 Å². The molecule has 1 atom stereocenters. The first kappa shape index (κ1) is 15.5. The number of carbonyl (C=O) groups excluding carboxylic acids is 1. The van der Waals surface area contributed by atoms with Crippen LogP contribution in [-0.4, -0.2) is 31.8 Å². The van der Waals surface area contributed by atoms with Crippen LogP contribution in [0, 0.1) is 0 Å². The third kappa shape index (κ3) is 4.56. The number of hydrogen-bond acceptors (Lipinski definition) is 4. The topological polar surface area (TPSA) is 47.6 Å². The Labute approximate surface area is 115 Å². The molecule has 0 fully saturated rings. The molecule has 0 heterocycles. The first-order valence-corrected chi connectivity index (χ1v) is 6.38. The summed E-state index contributed by atoms with van der Waals surface area (Å²) in [5.74, 6) is -0.332. The molecular weight excluding hydrogens is 242 g/mol. The van der Waals surface area contributed by atoms with Gasteiger partial charge in [0.1, 0.15) is 0 Å². The summed E-state index contributed by atoms with van der Waals surface area (Å²) in [5, 5.41) is 3.34. The maximum absolute atomic E-state index is 11.7. The Bertz CT molecular complexity index is 429. The van der Waals surface area contributed by atoms with Crippen LogP contribution >= 0.6 is 0 Å². The summed E-state index contributed by atoms with van der Waals surface area (Å²) in [6.07, 6.45) is 0.832. The molecule has 0 aliphatic carbocycles.